The molecule has 0 spiro atoms. The van der Waals surface area contributed by atoms with Crippen molar-refractivity contribution in [1.82, 2.24) is 60.7 Å². The summed E-state index contributed by atoms with van der Waals surface area (Å²) in [5.74, 6) is 6.40. The normalized spacial score (nSPS) is 18.5. The lowest BCUT2D eigenvalue weighted by atomic mass is 9.91. The van der Waals surface area contributed by atoms with Crippen molar-refractivity contribution < 1.29 is 66.8 Å². The van der Waals surface area contributed by atoms with E-state index in [2.05, 4.69) is 76.8 Å². The van der Waals surface area contributed by atoms with Crippen molar-refractivity contribution in [3.8, 4) is 23.0 Å². The first-order valence-electron chi connectivity index (χ1n) is 50.0. The van der Waals surface area contributed by atoms with E-state index in [9.17, 15) is 38.4 Å². The van der Waals surface area contributed by atoms with Crippen molar-refractivity contribution in [2.24, 2.45) is 21.7 Å². The summed E-state index contributed by atoms with van der Waals surface area (Å²) in [6.07, 6.45) is 26.0. The predicted octanol–water partition coefficient (Wildman–Crippen LogP) is 15.0. The summed E-state index contributed by atoms with van der Waals surface area (Å²) in [6, 6.07) is 22.2. The van der Waals surface area contributed by atoms with Gasteiger partial charge in [0.1, 0.15) is 45.7 Å². The summed E-state index contributed by atoms with van der Waals surface area (Å²) in [7, 11) is 16.7. The Morgan fingerprint density at radius 3 is 0.930 bits per heavy atom. The highest BCUT2D eigenvalue weighted by molar-refractivity contribution is 6.05. The van der Waals surface area contributed by atoms with Gasteiger partial charge in [0.05, 0.1) is 110 Å². The number of nitrogens with zero attached hydrogens (tertiary/aromatic N) is 17. The van der Waals surface area contributed by atoms with Crippen LogP contribution in [0.4, 0.5) is 92.6 Å². The monoisotopic (exact) mass is 1970 g/mol. The third kappa shape index (κ3) is 23.7. The number of aromatic nitrogens is 8. The molecule has 4 aromatic heterocycles. The minimum atomic E-state index is -0.550. The molecule has 17 rings (SSSR count). The smallest absolute Gasteiger partial charge is 0.254 e. The standard InChI is InChI=1S/C27H36N6O4.C27H38N6O4.C26H36N6O3.C25H34N6O3/c1-27(2)16-33(18-8-6-7-9-18)23-21(31(3)25(27)35)13-28-26(30-23)29-20-11-10-17(12-22(20)37-5)24(34)32-14-19(15-32)36-4;1-17(15-36-5)29-24(34)18-11-12-20(22(13-18)37-6)30-26-28-14-21-23(31-26)33(19-9-7-8-10-19)16-27(2,3)25(35)32(21)4;1-6-13-27-23(33)17-11-12-19(21(14-17)35-5)29-25-28-15-20-22(30-25)32(18-9-7-8-10-18)16-26(2,3)24(34)31(20)4;1-6-26-22(32)16-11-12-18(20(13-16)34-5)28-24-27-14-19-21(29-24)31(17-9-7-8-10-17)15-25(2,3)23(33)30(19)4/h10-13,18-19H,6-9,14-16H2,1-5H3,(H,28,29,30);11-14,17,19H,7-10,15-16H2,1-6H3,(H,29,34)(H,28,30,31);11-12,14-15,18H,6-10,13,16H2,1-5H3,(H,27,33)(H,28,29,30);11-14,17H,6-10,15H2,1-5H3,(H,26,32)(H,27,28,29)/t;17-;;/m.0../s1. The molecular weight excluding hydrogens is 1820 g/mol. The van der Waals surface area contributed by atoms with Crippen LogP contribution in [0, 0.1) is 21.7 Å². The summed E-state index contributed by atoms with van der Waals surface area (Å²) >= 11 is 0. The summed E-state index contributed by atoms with van der Waals surface area (Å²) in [5, 5.41) is 21.6. The van der Waals surface area contributed by atoms with Crippen LogP contribution >= 0.6 is 0 Å². The zero-order chi connectivity index (χ0) is 103. The molecule has 9 heterocycles. The molecule has 0 radical (unpaired) electrons. The van der Waals surface area contributed by atoms with E-state index in [4.69, 9.17) is 48.4 Å². The second kappa shape index (κ2) is 45.4. The van der Waals surface area contributed by atoms with Gasteiger partial charge in [0, 0.05) is 147 Å². The number of benzene rings is 4. The van der Waals surface area contributed by atoms with Crippen LogP contribution in [0.15, 0.2) is 97.6 Å². The first-order valence-corrected chi connectivity index (χ1v) is 50.0. The van der Waals surface area contributed by atoms with Crippen molar-refractivity contribution in [1.29, 1.82) is 0 Å². The van der Waals surface area contributed by atoms with Crippen LogP contribution in [0.2, 0.25) is 0 Å². The second-order valence-electron chi connectivity index (χ2n) is 41.0. The van der Waals surface area contributed by atoms with Gasteiger partial charge in [-0.05, 0) is 200 Å². The van der Waals surface area contributed by atoms with Gasteiger partial charge in [0.15, 0.2) is 23.3 Å². The van der Waals surface area contributed by atoms with Crippen molar-refractivity contribution >= 4 is 140 Å². The molecule has 5 aliphatic heterocycles. The molecule has 768 valence electrons. The fourth-order valence-electron chi connectivity index (χ4n) is 20.5. The van der Waals surface area contributed by atoms with Crippen LogP contribution in [-0.4, -0.2) is 258 Å². The maximum absolute atomic E-state index is 13.2. The Balaban J connectivity index is 0.000000151. The molecule has 4 aromatic carbocycles. The molecule has 0 unspecified atom stereocenters. The molecule has 38 heteroatoms. The molecule has 0 bridgehead atoms. The van der Waals surface area contributed by atoms with Gasteiger partial charge >= 0.3 is 0 Å². The Hall–Kier alpha value is -13.5. The van der Waals surface area contributed by atoms with Gasteiger partial charge in [-0.3, -0.25) is 38.4 Å². The van der Waals surface area contributed by atoms with E-state index in [0.29, 0.717) is 198 Å². The average molecular weight is 1970 g/mol. The fourth-order valence-corrected chi connectivity index (χ4v) is 20.5. The number of hydrogen-bond donors (Lipinski definition) is 7. The molecule has 8 amide bonds. The Kier molecular flexibility index (Phi) is 33.4. The molecule has 8 aromatic rings. The van der Waals surface area contributed by atoms with Crippen LogP contribution in [-0.2, 0) is 28.7 Å². The fraction of sp³-hybridized carbons (Fsp3) is 0.543. The molecule has 38 nitrogen and oxygen atoms in total. The molecule has 143 heavy (non-hydrogen) atoms. The lowest BCUT2D eigenvalue weighted by molar-refractivity contribution is -0.126. The van der Waals surface area contributed by atoms with Crippen molar-refractivity contribution in [3.05, 3.63) is 120 Å². The van der Waals surface area contributed by atoms with Crippen LogP contribution in [0.1, 0.15) is 227 Å². The maximum Gasteiger partial charge on any atom is 0.254 e. The Labute approximate surface area is 839 Å². The third-order valence-electron chi connectivity index (χ3n) is 28.4. The van der Waals surface area contributed by atoms with Gasteiger partial charge in [-0.15, -0.1) is 0 Å². The largest absolute Gasteiger partial charge is 0.495 e. The number of rotatable bonds is 27. The third-order valence-corrected chi connectivity index (χ3v) is 28.4. The molecule has 4 saturated carbocycles. The molecule has 1 atom stereocenters. The van der Waals surface area contributed by atoms with Crippen molar-refractivity contribution in [2.45, 2.75) is 222 Å². The van der Waals surface area contributed by atoms with Gasteiger partial charge in [0.25, 0.3) is 23.6 Å². The first-order chi connectivity index (χ1) is 68.3. The topological polar surface area (TPSA) is 408 Å². The summed E-state index contributed by atoms with van der Waals surface area (Å²) in [6.45, 7) is 26.9. The van der Waals surface area contributed by atoms with Crippen LogP contribution < -0.4 is 95.4 Å². The van der Waals surface area contributed by atoms with E-state index >= 15 is 0 Å². The summed E-state index contributed by atoms with van der Waals surface area (Å²) in [4.78, 5) is 158. The van der Waals surface area contributed by atoms with Gasteiger partial charge in [-0.2, -0.15) is 19.9 Å². The quantitative estimate of drug-likeness (QED) is 0.0251. The molecular formula is C105H144N24O14. The molecule has 4 aliphatic carbocycles. The van der Waals surface area contributed by atoms with Crippen molar-refractivity contribution in [3.63, 3.8) is 0 Å². The van der Waals surface area contributed by atoms with Gasteiger partial charge in [-0.1, -0.05) is 58.3 Å². The molecule has 1 saturated heterocycles. The lowest BCUT2D eigenvalue weighted by Gasteiger charge is -2.38. The highest BCUT2D eigenvalue weighted by Gasteiger charge is 2.48. The number of likely N-dealkylation sites (tertiary alicyclic amines) is 1. The predicted molar refractivity (Wildman–Crippen MR) is 557 cm³/mol. The Morgan fingerprint density at radius 1 is 0.392 bits per heavy atom. The number of amides is 8. The maximum atomic E-state index is 13.2. The van der Waals surface area contributed by atoms with Crippen molar-refractivity contribution in [2.75, 3.05) is 190 Å². The highest BCUT2D eigenvalue weighted by Crippen LogP contribution is 2.48. The van der Waals surface area contributed by atoms with Crippen LogP contribution in [0.3, 0.4) is 0 Å². The number of methoxy groups -OCH3 is 6. The van der Waals surface area contributed by atoms with E-state index < -0.39 is 21.7 Å². The number of hydrogen-bond acceptors (Lipinski definition) is 30. The van der Waals surface area contributed by atoms with Gasteiger partial charge in [0.2, 0.25) is 47.4 Å². The number of fused-ring (bicyclic) bond motifs is 4. The zero-order valence-corrected chi connectivity index (χ0v) is 86.9. The number of nitrogens with one attached hydrogen (secondary N) is 7. The highest BCUT2D eigenvalue weighted by atomic mass is 16.5. The average Bonchev–Trinajstić information content (AvgIpc) is 1.64. The molecule has 7 N–H and O–H groups in total. The van der Waals surface area contributed by atoms with Crippen LogP contribution in [0.25, 0.3) is 0 Å². The minimum absolute atomic E-state index is 0.0499. The van der Waals surface area contributed by atoms with Gasteiger partial charge < -0.3 is 110 Å². The second-order valence-corrected chi connectivity index (χ2v) is 41.0. The number of carbonyl (C=O) groups is 8. The SMILES string of the molecule is CCCNC(=O)c1ccc(Nc2ncc3c(n2)N(C2CCCC2)CC(C)(C)C(=O)N3C)c(OC)c1.CCNC(=O)c1ccc(Nc2ncc3c(n2)N(C2CCCC2)CC(C)(C)C(=O)N3C)c(OC)c1.COC[C@H](C)NC(=O)c1ccc(Nc2ncc3c(n2)N(C2CCCC2)CC(C)(C)C(=O)N3C)c(OC)c1.COc1cc(C(=O)N2CC(OC)C2)ccc1Nc1ncc2c(n1)N(C1CCCC1)CC(C)(C)C(=O)N2C. The van der Waals surface area contributed by atoms with Gasteiger partial charge in [-0.25, -0.2) is 19.9 Å². The van der Waals surface area contributed by atoms with E-state index in [-0.39, 0.29) is 59.4 Å². The van der Waals surface area contributed by atoms with E-state index in [1.807, 2.05) is 82.2 Å². The minimum Gasteiger partial charge on any atom is -0.495 e. The van der Waals surface area contributed by atoms with E-state index in [0.717, 1.165) is 81.1 Å². The van der Waals surface area contributed by atoms with E-state index in [1.165, 1.54) is 51.4 Å². The number of anilines is 16. The number of carbonyl (C=O) groups excluding carboxylic acids is 8. The summed E-state index contributed by atoms with van der Waals surface area (Å²) < 4.78 is 32.6. The Bertz CT molecular complexity index is 5930. The zero-order valence-electron chi connectivity index (χ0n) is 86.9. The number of ether oxygens (including phenoxy) is 6. The first kappa shape index (κ1) is 105. The van der Waals surface area contributed by atoms with E-state index in [1.54, 1.807) is 187 Å². The molecule has 9 aliphatic rings. The lowest BCUT2D eigenvalue weighted by Crippen LogP contribution is -2.54. The Morgan fingerprint density at radius 2 is 0.664 bits per heavy atom. The van der Waals surface area contributed by atoms with Crippen LogP contribution in [0.5, 0.6) is 23.0 Å². The summed E-state index contributed by atoms with van der Waals surface area (Å²) in [5.41, 5.74) is 5.35. The molecule has 5 fully saturated rings.